The average Bonchev–Trinajstić information content (AvgIpc) is 2.87. The summed E-state index contributed by atoms with van der Waals surface area (Å²) in [6.45, 7) is 4.57. The fourth-order valence-corrected chi connectivity index (χ4v) is 2.37. The number of aryl methyl sites for hydroxylation is 1. The number of nitrogens with zero attached hydrogens (tertiary/aromatic N) is 2. The summed E-state index contributed by atoms with van der Waals surface area (Å²) in [6.07, 6.45) is -3.03. The van der Waals surface area contributed by atoms with Crippen LogP contribution in [-0.4, -0.2) is 50.0 Å². The number of halogens is 3. The van der Waals surface area contributed by atoms with E-state index in [4.69, 9.17) is 0 Å². The minimum atomic E-state index is -4.27. The minimum absolute atomic E-state index is 0.0422. The molecular formula is C14H23F3N4OS. The molecule has 0 spiro atoms. The van der Waals surface area contributed by atoms with Crippen molar-refractivity contribution < 1.29 is 17.9 Å². The molecule has 1 aromatic rings. The zero-order valence-corrected chi connectivity index (χ0v) is 14.2. The van der Waals surface area contributed by atoms with E-state index in [2.05, 4.69) is 25.3 Å². The molecular weight excluding hydrogens is 329 g/mol. The van der Waals surface area contributed by atoms with Gasteiger partial charge in [-0.2, -0.15) is 13.2 Å². The first-order chi connectivity index (χ1) is 10.9. The predicted molar refractivity (Wildman–Crippen MR) is 86.0 cm³/mol. The number of hydrogen-bond donors (Lipinski definition) is 2. The highest BCUT2D eigenvalue weighted by Crippen LogP contribution is 2.14. The average molecular weight is 352 g/mol. The van der Waals surface area contributed by atoms with Crippen LogP contribution in [0, 0.1) is 6.92 Å². The fourth-order valence-electron chi connectivity index (χ4n) is 1.72. The Morgan fingerprint density at radius 2 is 2.17 bits per heavy atom. The van der Waals surface area contributed by atoms with Gasteiger partial charge in [0.1, 0.15) is 6.61 Å². The Morgan fingerprint density at radius 1 is 1.39 bits per heavy atom. The van der Waals surface area contributed by atoms with E-state index in [0.29, 0.717) is 32.0 Å². The van der Waals surface area contributed by atoms with Gasteiger partial charge in [0, 0.05) is 38.0 Å². The van der Waals surface area contributed by atoms with Crippen LogP contribution in [0.4, 0.5) is 13.2 Å². The molecule has 0 saturated heterocycles. The second-order valence-corrected chi connectivity index (χ2v) is 5.88. The molecule has 1 aromatic heterocycles. The van der Waals surface area contributed by atoms with Gasteiger partial charge in [-0.1, -0.05) is 0 Å². The molecule has 0 aliphatic carbocycles. The molecule has 2 N–H and O–H groups in total. The molecule has 1 rings (SSSR count). The number of ether oxygens (including phenoxy) is 1. The Hall–Kier alpha value is -1.35. The van der Waals surface area contributed by atoms with Gasteiger partial charge in [0.25, 0.3) is 0 Å². The molecule has 0 aliphatic rings. The van der Waals surface area contributed by atoms with Gasteiger partial charge in [-0.3, -0.25) is 4.99 Å². The van der Waals surface area contributed by atoms with Gasteiger partial charge >= 0.3 is 6.18 Å². The van der Waals surface area contributed by atoms with Crippen LogP contribution in [0.25, 0.3) is 0 Å². The Kier molecular flexibility index (Phi) is 8.93. The summed E-state index contributed by atoms with van der Waals surface area (Å²) in [4.78, 5) is 8.68. The Morgan fingerprint density at radius 3 is 2.78 bits per heavy atom. The molecule has 5 nitrogen and oxygen atoms in total. The maximum Gasteiger partial charge on any atom is 0.411 e. The van der Waals surface area contributed by atoms with Gasteiger partial charge in [0.05, 0.1) is 10.7 Å². The summed E-state index contributed by atoms with van der Waals surface area (Å²) in [5, 5.41) is 9.33. The summed E-state index contributed by atoms with van der Waals surface area (Å²) in [7, 11) is 0. The van der Waals surface area contributed by atoms with Crippen LogP contribution in [0.2, 0.25) is 0 Å². The van der Waals surface area contributed by atoms with Crippen LogP contribution in [0.1, 0.15) is 24.0 Å². The van der Waals surface area contributed by atoms with Crippen molar-refractivity contribution in [2.75, 3.05) is 32.8 Å². The van der Waals surface area contributed by atoms with E-state index in [1.165, 1.54) is 0 Å². The quantitative estimate of drug-likeness (QED) is 0.407. The molecule has 0 saturated carbocycles. The van der Waals surface area contributed by atoms with Gasteiger partial charge in [0.2, 0.25) is 0 Å². The predicted octanol–water partition coefficient (Wildman–Crippen LogP) is 2.52. The molecule has 0 bridgehead atoms. The number of alkyl halides is 3. The second-order valence-electron chi connectivity index (χ2n) is 4.82. The summed E-state index contributed by atoms with van der Waals surface area (Å²) in [5.41, 5.74) is 1.04. The molecule has 9 heteroatoms. The molecule has 0 aliphatic heterocycles. The van der Waals surface area contributed by atoms with E-state index in [9.17, 15) is 13.2 Å². The zero-order chi connectivity index (χ0) is 17.1. The van der Waals surface area contributed by atoms with Crippen molar-refractivity contribution in [3.05, 3.63) is 16.1 Å². The normalized spacial score (nSPS) is 12.5. The number of aromatic nitrogens is 1. The lowest BCUT2D eigenvalue weighted by Crippen LogP contribution is -2.38. The van der Waals surface area contributed by atoms with Crippen molar-refractivity contribution in [2.24, 2.45) is 4.99 Å². The van der Waals surface area contributed by atoms with Gasteiger partial charge in [-0.15, -0.1) is 11.3 Å². The van der Waals surface area contributed by atoms with Crippen LogP contribution in [0.3, 0.4) is 0 Å². The number of guanidine groups is 1. The number of aliphatic imine (C=N–C) groups is 1. The summed E-state index contributed by atoms with van der Waals surface area (Å²) in [5.74, 6) is 0.648. The van der Waals surface area contributed by atoms with E-state index in [1.54, 1.807) is 11.3 Å². The van der Waals surface area contributed by atoms with E-state index in [1.807, 2.05) is 19.2 Å². The molecule has 23 heavy (non-hydrogen) atoms. The first kappa shape index (κ1) is 19.7. The van der Waals surface area contributed by atoms with E-state index >= 15 is 0 Å². The monoisotopic (exact) mass is 352 g/mol. The van der Waals surface area contributed by atoms with E-state index < -0.39 is 12.8 Å². The third-order valence-electron chi connectivity index (χ3n) is 2.67. The topological polar surface area (TPSA) is 58.5 Å². The molecule has 0 fully saturated rings. The summed E-state index contributed by atoms with van der Waals surface area (Å²) in [6, 6.07) is 0. The van der Waals surface area contributed by atoms with Crippen LogP contribution >= 0.6 is 11.3 Å². The van der Waals surface area contributed by atoms with Crippen LogP contribution in [0.15, 0.2) is 10.4 Å². The molecule has 132 valence electrons. The second kappa shape index (κ2) is 10.4. The minimum Gasteiger partial charge on any atom is -0.372 e. The fraction of sp³-hybridized carbons (Fsp3) is 0.714. The number of thiazole rings is 1. The maximum absolute atomic E-state index is 11.9. The standard InChI is InChI=1S/C14H23F3N4OS/c1-3-18-13(19-6-4-8-22-10-14(15,16)17)20-7-5-12-9-23-11(2)21-12/h9H,3-8,10H2,1-2H3,(H2,18,19,20). The number of rotatable bonds is 9. The van der Waals surface area contributed by atoms with Crippen LogP contribution in [0.5, 0.6) is 0 Å². The first-order valence-corrected chi connectivity index (χ1v) is 8.36. The maximum atomic E-state index is 11.9. The highest BCUT2D eigenvalue weighted by molar-refractivity contribution is 7.09. The Balaban J connectivity index is 2.21. The first-order valence-electron chi connectivity index (χ1n) is 7.48. The molecule has 0 radical (unpaired) electrons. The largest absolute Gasteiger partial charge is 0.411 e. The van der Waals surface area contributed by atoms with Crippen molar-refractivity contribution in [1.82, 2.24) is 15.6 Å². The van der Waals surface area contributed by atoms with Crippen molar-refractivity contribution in [3.8, 4) is 0 Å². The zero-order valence-electron chi connectivity index (χ0n) is 13.4. The van der Waals surface area contributed by atoms with Crippen molar-refractivity contribution in [1.29, 1.82) is 0 Å². The van der Waals surface area contributed by atoms with Gasteiger partial charge < -0.3 is 15.4 Å². The molecule has 0 amide bonds. The Labute approximate surface area is 138 Å². The lowest BCUT2D eigenvalue weighted by atomic mass is 10.3. The lowest BCUT2D eigenvalue weighted by Gasteiger charge is -2.11. The van der Waals surface area contributed by atoms with Crippen LogP contribution in [-0.2, 0) is 11.2 Å². The SMILES string of the molecule is CCNC(=NCCCOCC(F)(F)F)NCCc1csc(C)n1. The van der Waals surface area contributed by atoms with E-state index in [-0.39, 0.29) is 6.61 Å². The highest BCUT2D eigenvalue weighted by Gasteiger charge is 2.27. The van der Waals surface area contributed by atoms with Crippen molar-refractivity contribution in [2.45, 2.75) is 32.9 Å². The van der Waals surface area contributed by atoms with E-state index in [0.717, 1.165) is 17.1 Å². The third kappa shape index (κ3) is 10.1. The molecule has 1 heterocycles. The smallest absolute Gasteiger partial charge is 0.372 e. The summed E-state index contributed by atoms with van der Waals surface area (Å²) >= 11 is 1.62. The molecule has 0 unspecified atom stereocenters. The van der Waals surface area contributed by atoms with Crippen molar-refractivity contribution >= 4 is 17.3 Å². The van der Waals surface area contributed by atoms with Gasteiger partial charge in [-0.25, -0.2) is 4.98 Å². The summed E-state index contributed by atoms with van der Waals surface area (Å²) < 4.78 is 40.2. The molecule has 0 atom stereocenters. The molecule has 0 aromatic carbocycles. The third-order valence-corrected chi connectivity index (χ3v) is 3.49. The Bertz CT molecular complexity index is 477. The lowest BCUT2D eigenvalue weighted by molar-refractivity contribution is -0.173. The van der Waals surface area contributed by atoms with Gasteiger partial charge in [-0.05, 0) is 20.3 Å². The van der Waals surface area contributed by atoms with Crippen LogP contribution < -0.4 is 10.6 Å². The highest BCUT2D eigenvalue weighted by atomic mass is 32.1. The number of nitrogens with one attached hydrogen (secondary N) is 2. The van der Waals surface area contributed by atoms with Crippen molar-refractivity contribution in [3.63, 3.8) is 0 Å². The number of hydrogen-bond acceptors (Lipinski definition) is 4. The van der Waals surface area contributed by atoms with Gasteiger partial charge in [0.15, 0.2) is 5.96 Å².